The van der Waals surface area contributed by atoms with Crippen molar-refractivity contribution in [3.05, 3.63) is 142 Å². The van der Waals surface area contributed by atoms with Gasteiger partial charge in [0.15, 0.2) is 0 Å². The number of nitrogens with zero attached hydrogens (tertiary/aromatic N) is 3. The second-order valence-electron chi connectivity index (χ2n) is 11.5. The highest BCUT2D eigenvalue weighted by Crippen LogP contribution is 2.28. The summed E-state index contributed by atoms with van der Waals surface area (Å²) in [7, 11) is -3.67. The zero-order chi connectivity index (χ0) is 35.8. The normalized spacial score (nSPS) is 10.4. The van der Waals surface area contributed by atoms with Crippen molar-refractivity contribution in [3.8, 4) is 0 Å². The number of rotatable bonds is 14. The molecule has 0 spiro atoms. The maximum Gasteiger partial charge on any atom is 0.762 e. The fourth-order valence-corrected chi connectivity index (χ4v) is 5.96. The van der Waals surface area contributed by atoms with E-state index >= 15 is 0 Å². The second-order valence-corrected chi connectivity index (χ2v) is 11.5. The summed E-state index contributed by atoms with van der Waals surface area (Å²) in [4.78, 5) is 7.15. The molecule has 0 unspecified atom stereocenters. The van der Waals surface area contributed by atoms with E-state index in [0.717, 1.165) is 44.5 Å². The topological polar surface area (TPSA) is 9.72 Å². The van der Waals surface area contributed by atoms with Crippen LogP contribution in [0.4, 0.5) is 30.0 Å². The fraction of sp³-hybridized carbons (Fsp3) is 0.286. The third kappa shape index (κ3) is 11.7. The lowest BCUT2D eigenvalue weighted by Crippen LogP contribution is -3.00. The van der Waals surface area contributed by atoms with Crippen molar-refractivity contribution in [1.82, 2.24) is 0 Å². The molecule has 0 aliphatic carbocycles. The summed E-state index contributed by atoms with van der Waals surface area (Å²) in [6.07, 6.45) is 6.72. The number of halogens is 4. The largest absolute Gasteiger partial charge is 1.00 e. The number of allylic oxidation sites excluding steroid dienone is 3. The Kier molecular flexibility index (Phi) is 17.7. The molecule has 0 saturated carbocycles. The Morgan fingerprint density at radius 1 is 0.540 bits per heavy atom. The maximum absolute atomic E-state index is 9.67. The maximum atomic E-state index is 9.67. The van der Waals surface area contributed by atoms with Crippen molar-refractivity contribution >= 4 is 42.3 Å². The average Bonchev–Trinajstić information content (AvgIpc) is 3.11. The van der Waals surface area contributed by atoms with Gasteiger partial charge < -0.3 is 19.4 Å². The zero-order valence-corrected chi connectivity index (χ0v) is 30.4. The van der Waals surface area contributed by atoms with Crippen molar-refractivity contribution < 1.29 is 17.7 Å². The summed E-state index contributed by atoms with van der Waals surface area (Å²) in [6.45, 7) is 23.3. The van der Waals surface area contributed by atoms with Crippen LogP contribution in [0.3, 0.4) is 0 Å². The second kappa shape index (κ2) is 21.4. The van der Waals surface area contributed by atoms with E-state index in [9.17, 15) is 12.9 Å². The highest BCUT2D eigenvalue weighted by atomic mass is 19.4. The van der Waals surface area contributed by atoms with Gasteiger partial charge in [-0.05, 0) is 116 Å². The molecule has 3 nitrogen and oxygen atoms in total. The molecule has 50 heavy (non-hydrogen) atoms. The highest BCUT2D eigenvalue weighted by Gasteiger charge is 2.10. The van der Waals surface area contributed by atoms with Gasteiger partial charge in [-0.3, -0.25) is 12.9 Å². The first-order valence-corrected chi connectivity index (χ1v) is 17.3. The Balaban J connectivity index is 0.00000164. The van der Waals surface area contributed by atoms with Gasteiger partial charge in [0.25, 0.3) is 0 Å². The number of benzene rings is 4. The molecule has 4 aromatic carbocycles. The van der Waals surface area contributed by atoms with Gasteiger partial charge in [-0.1, -0.05) is 85.5 Å². The first-order valence-electron chi connectivity index (χ1n) is 17.3. The molecule has 4 rings (SSSR count). The van der Waals surface area contributed by atoms with Crippen molar-refractivity contribution in [3.63, 3.8) is 0 Å². The van der Waals surface area contributed by atoms with Gasteiger partial charge in [-0.2, -0.15) is 0 Å². The predicted molar refractivity (Wildman–Crippen MR) is 209 cm³/mol. The molecule has 0 aliphatic rings. The van der Waals surface area contributed by atoms with Crippen LogP contribution in [0.1, 0.15) is 58.2 Å². The van der Waals surface area contributed by atoms with E-state index in [0.29, 0.717) is 0 Å². The quantitative estimate of drug-likeness (QED) is 0.0865. The monoisotopic (exact) mass is 684 g/mol. The molecule has 0 fully saturated rings. The van der Waals surface area contributed by atoms with Crippen molar-refractivity contribution in [2.24, 2.45) is 0 Å². The average molecular weight is 685 g/mol. The molecule has 0 atom stereocenters. The molecule has 8 heteroatoms. The van der Waals surface area contributed by atoms with E-state index in [1.165, 1.54) is 50.1 Å². The molecule has 0 N–H and O–H groups in total. The SMILES string of the molecule is C=c1ccc(=C(/C=C/C=C(c2ccc(N(CC)CC)cc2)c2ccc(N(CC)CC)cc2)c2ccc(N(CC)CC)cc2)cc1.FB(F)F.[F-]. The Labute approximate surface area is 297 Å². The standard InChI is InChI=1S/C42H51N3.BF3.FH/c1-8-43(9-2)38-27-21-35(22-28-38)41(34-19-17-33(7)18-20-34)15-14-16-42(36-23-29-39(30-24-36)44(10-3)11-4)37-25-31-40(32-26-37)45(12-5)13-6;2-1(3)4;/h14-32H,7-13H2,1-6H3;;1H/p-1/b15-14+;;. The lowest BCUT2D eigenvalue weighted by Gasteiger charge is -2.22. The minimum atomic E-state index is -3.67. The van der Waals surface area contributed by atoms with Crippen molar-refractivity contribution in [1.29, 1.82) is 0 Å². The Bertz CT molecular complexity index is 1640. The predicted octanol–water partition coefficient (Wildman–Crippen LogP) is 6.41. The van der Waals surface area contributed by atoms with Crippen LogP contribution in [-0.4, -0.2) is 46.8 Å². The Morgan fingerprint density at radius 2 is 0.860 bits per heavy atom. The summed E-state index contributed by atoms with van der Waals surface area (Å²) in [5, 5.41) is 2.19. The smallest absolute Gasteiger partial charge is 0.762 e. The van der Waals surface area contributed by atoms with Gasteiger partial charge in [0.1, 0.15) is 0 Å². The third-order valence-electron chi connectivity index (χ3n) is 8.71. The summed E-state index contributed by atoms with van der Waals surface area (Å²) in [6, 6.07) is 35.5. The Morgan fingerprint density at radius 3 is 1.18 bits per heavy atom. The number of hydrogen-bond acceptors (Lipinski definition) is 3. The molecule has 266 valence electrons. The van der Waals surface area contributed by atoms with Crippen molar-refractivity contribution in [2.75, 3.05) is 54.0 Å². The molecule has 4 aromatic rings. The van der Waals surface area contributed by atoms with Gasteiger partial charge in [-0.15, -0.1) is 0 Å². The minimum Gasteiger partial charge on any atom is -1.00 e. The van der Waals surface area contributed by atoms with Gasteiger partial charge in [-0.25, -0.2) is 0 Å². The third-order valence-corrected chi connectivity index (χ3v) is 8.71. The molecule has 0 radical (unpaired) electrons. The first kappa shape index (κ1) is 41.5. The van der Waals surface area contributed by atoms with E-state index in [-0.39, 0.29) is 4.70 Å². The molecular weight excluding hydrogens is 633 g/mol. The molecule has 0 aromatic heterocycles. The molecule has 0 bridgehead atoms. The summed E-state index contributed by atoms with van der Waals surface area (Å²) < 4.78 is 29.0. The van der Waals surface area contributed by atoms with E-state index in [1.54, 1.807) is 0 Å². The molecule has 0 saturated heterocycles. The van der Waals surface area contributed by atoms with Crippen LogP contribution in [0.5, 0.6) is 0 Å². The lowest BCUT2D eigenvalue weighted by atomic mass is 9.96. The minimum absolute atomic E-state index is 0. The summed E-state index contributed by atoms with van der Waals surface area (Å²) in [5.74, 6) is 0. The zero-order valence-electron chi connectivity index (χ0n) is 30.4. The lowest BCUT2D eigenvalue weighted by molar-refractivity contribution is -0.0000127. The van der Waals surface area contributed by atoms with Gasteiger partial charge in [0, 0.05) is 56.3 Å². The van der Waals surface area contributed by atoms with Crippen LogP contribution < -0.4 is 29.8 Å². The summed E-state index contributed by atoms with van der Waals surface area (Å²) in [5.41, 5.74) is 9.76. The van der Waals surface area contributed by atoms with Crippen LogP contribution in [-0.2, 0) is 0 Å². The Hall–Kier alpha value is -4.72. The van der Waals surface area contributed by atoms with Crippen molar-refractivity contribution in [2.45, 2.75) is 41.5 Å². The van der Waals surface area contributed by atoms with Crippen LogP contribution in [0.25, 0.3) is 17.7 Å². The number of hydrogen-bond donors (Lipinski definition) is 0. The van der Waals surface area contributed by atoms with Crippen LogP contribution in [0, 0.1) is 0 Å². The molecule has 0 heterocycles. The van der Waals surface area contributed by atoms with Gasteiger partial charge in [0.05, 0.1) is 0 Å². The van der Waals surface area contributed by atoms with E-state index < -0.39 is 7.54 Å². The fourth-order valence-electron chi connectivity index (χ4n) is 5.96. The van der Waals surface area contributed by atoms with E-state index in [4.69, 9.17) is 0 Å². The molecule has 0 amide bonds. The van der Waals surface area contributed by atoms with E-state index in [2.05, 4.69) is 178 Å². The van der Waals surface area contributed by atoms with Gasteiger partial charge in [0.2, 0.25) is 0 Å². The summed E-state index contributed by atoms with van der Waals surface area (Å²) >= 11 is 0. The van der Waals surface area contributed by atoms with Crippen LogP contribution in [0.15, 0.2) is 115 Å². The van der Waals surface area contributed by atoms with Crippen LogP contribution >= 0.6 is 0 Å². The number of anilines is 3. The van der Waals surface area contributed by atoms with Gasteiger partial charge >= 0.3 is 7.54 Å². The molecule has 0 aliphatic heterocycles. The van der Waals surface area contributed by atoms with E-state index in [1.807, 2.05) is 0 Å². The highest BCUT2D eigenvalue weighted by molar-refractivity contribution is 6.33. The first-order chi connectivity index (χ1) is 23.7. The molecular formula is C42H51BF4N3-. The van der Waals surface area contributed by atoms with Crippen LogP contribution in [0.2, 0.25) is 0 Å².